The zero-order valence-corrected chi connectivity index (χ0v) is 10.3. The summed E-state index contributed by atoms with van der Waals surface area (Å²) in [4.78, 5) is 12.9. The minimum Gasteiger partial charge on any atom is -0.438 e. The lowest BCUT2D eigenvalue weighted by Crippen LogP contribution is -2.11. The number of amides is 1. The Labute approximate surface area is 109 Å². The number of carbonyl (C=O) groups is 1. The van der Waals surface area contributed by atoms with E-state index in [1.165, 1.54) is 0 Å². The van der Waals surface area contributed by atoms with E-state index >= 15 is 0 Å². The standard InChI is InChI=1S/C10H7F5N2O2S/c11-20(12,13,14,15)8-3-1-7(2-4-8)17-10(18)9-5-16-6-19-9/h1-6H,(H,17,18). The van der Waals surface area contributed by atoms with Gasteiger partial charge in [0, 0.05) is 5.69 Å². The van der Waals surface area contributed by atoms with Gasteiger partial charge in [-0.1, -0.05) is 19.4 Å². The highest BCUT2D eigenvalue weighted by Gasteiger charge is 2.65. The van der Waals surface area contributed by atoms with E-state index in [9.17, 15) is 24.2 Å². The number of carbonyl (C=O) groups excluding carboxylic acids is 1. The molecule has 20 heavy (non-hydrogen) atoms. The first kappa shape index (κ1) is 14.3. The van der Waals surface area contributed by atoms with Crippen molar-refractivity contribution >= 4 is 21.8 Å². The van der Waals surface area contributed by atoms with E-state index in [1.54, 1.807) is 0 Å². The Morgan fingerprint density at radius 2 is 1.70 bits per heavy atom. The third-order valence-corrected chi connectivity index (χ3v) is 3.38. The molecule has 0 aliphatic heterocycles. The Hall–Kier alpha value is -2.10. The monoisotopic (exact) mass is 314 g/mol. The van der Waals surface area contributed by atoms with Gasteiger partial charge >= 0.3 is 10.2 Å². The Balaban J connectivity index is 2.20. The Bertz CT molecular complexity index is 637. The number of anilines is 1. The van der Waals surface area contributed by atoms with Gasteiger partial charge in [-0.15, -0.1) is 0 Å². The number of halogens is 5. The van der Waals surface area contributed by atoms with Crippen molar-refractivity contribution in [3.63, 3.8) is 0 Å². The van der Waals surface area contributed by atoms with Gasteiger partial charge in [-0.3, -0.25) is 4.79 Å². The van der Waals surface area contributed by atoms with Crippen molar-refractivity contribution in [3.05, 3.63) is 42.6 Å². The molecule has 4 nitrogen and oxygen atoms in total. The first-order valence-electron chi connectivity index (χ1n) is 5.00. The molecule has 110 valence electrons. The molecular formula is C10H7F5N2O2S. The van der Waals surface area contributed by atoms with E-state index < -0.39 is 21.0 Å². The van der Waals surface area contributed by atoms with Gasteiger partial charge in [0.05, 0.1) is 6.20 Å². The van der Waals surface area contributed by atoms with Crippen molar-refractivity contribution in [3.8, 4) is 0 Å². The molecule has 0 aliphatic carbocycles. The fraction of sp³-hybridized carbons (Fsp3) is 0. The number of rotatable bonds is 3. The third-order valence-electron chi connectivity index (χ3n) is 2.21. The van der Waals surface area contributed by atoms with E-state index in [2.05, 4.69) is 14.7 Å². The summed E-state index contributed by atoms with van der Waals surface area (Å²) in [5.74, 6) is -0.926. The van der Waals surface area contributed by atoms with Gasteiger partial charge in [0.2, 0.25) is 5.76 Å². The lowest BCUT2D eigenvalue weighted by Gasteiger charge is -2.40. The van der Waals surface area contributed by atoms with Crippen LogP contribution in [-0.4, -0.2) is 10.9 Å². The van der Waals surface area contributed by atoms with Crippen LogP contribution in [0.2, 0.25) is 0 Å². The largest absolute Gasteiger partial charge is 0.438 e. The lowest BCUT2D eigenvalue weighted by atomic mass is 10.3. The molecular weight excluding hydrogens is 307 g/mol. The summed E-state index contributed by atoms with van der Waals surface area (Å²) in [5.41, 5.74) is -0.0861. The number of nitrogens with one attached hydrogen (secondary N) is 1. The summed E-state index contributed by atoms with van der Waals surface area (Å²) < 4.78 is 66.9. The highest BCUT2D eigenvalue weighted by atomic mass is 32.5. The van der Waals surface area contributed by atoms with Crippen LogP contribution in [0.15, 0.2) is 46.2 Å². The number of nitrogens with zero attached hydrogens (tertiary/aromatic N) is 1. The van der Waals surface area contributed by atoms with Crippen LogP contribution < -0.4 is 5.32 Å². The summed E-state index contributed by atoms with van der Waals surface area (Å²) in [6.45, 7) is 0. The second-order valence-electron chi connectivity index (χ2n) is 3.81. The number of aromatic nitrogens is 1. The molecule has 0 radical (unpaired) electrons. The van der Waals surface area contributed by atoms with E-state index in [-0.39, 0.29) is 23.6 Å². The number of hydrogen-bond donors (Lipinski definition) is 1. The molecule has 0 spiro atoms. The zero-order valence-electron chi connectivity index (χ0n) is 9.53. The average molecular weight is 314 g/mol. The molecule has 0 atom stereocenters. The van der Waals surface area contributed by atoms with Gasteiger partial charge in [-0.25, -0.2) is 4.98 Å². The predicted molar refractivity (Wildman–Crippen MR) is 62.3 cm³/mol. The molecule has 0 saturated heterocycles. The molecule has 1 aromatic carbocycles. The topological polar surface area (TPSA) is 55.1 Å². The van der Waals surface area contributed by atoms with Gasteiger partial charge in [-0.2, -0.15) is 0 Å². The fourth-order valence-corrected chi connectivity index (χ4v) is 1.97. The van der Waals surface area contributed by atoms with Crippen molar-refractivity contribution in [1.82, 2.24) is 4.98 Å². The fourth-order valence-electron chi connectivity index (χ4n) is 1.32. The minimum atomic E-state index is -9.69. The van der Waals surface area contributed by atoms with Crippen LogP contribution in [-0.2, 0) is 0 Å². The van der Waals surface area contributed by atoms with Crippen LogP contribution in [0.5, 0.6) is 0 Å². The highest BCUT2D eigenvalue weighted by molar-refractivity contribution is 8.45. The molecule has 1 N–H and O–H groups in total. The molecule has 0 fully saturated rings. The summed E-state index contributed by atoms with van der Waals surface area (Å²) in [7, 11) is -9.69. The maximum absolute atomic E-state index is 12.5. The van der Waals surface area contributed by atoms with E-state index in [4.69, 9.17) is 0 Å². The molecule has 1 heterocycles. The minimum absolute atomic E-state index is 0.0861. The number of hydrogen-bond acceptors (Lipinski definition) is 3. The SMILES string of the molecule is O=C(Nc1ccc(S(F)(F)(F)(F)F)cc1)c1cnco1. The van der Waals surface area contributed by atoms with Crippen LogP contribution in [0.3, 0.4) is 0 Å². The van der Waals surface area contributed by atoms with Gasteiger partial charge in [0.25, 0.3) is 5.91 Å². The first-order chi connectivity index (χ1) is 8.95. The molecule has 10 heteroatoms. The zero-order chi connectivity index (χ0) is 15.1. The Morgan fingerprint density at radius 3 is 2.15 bits per heavy atom. The van der Waals surface area contributed by atoms with Crippen molar-refractivity contribution in [2.45, 2.75) is 4.90 Å². The molecule has 0 saturated carbocycles. The van der Waals surface area contributed by atoms with E-state index in [0.717, 1.165) is 24.7 Å². The Morgan fingerprint density at radius 1 is 1.10 bits per heavy atom. The molecule has 1 aromatic heterocycles. The summed E-state index contributed by atoms with van der Waals surface area (Å²) in [6, 6.07) is 1.86. The van der Waals surface area contributed by atoms with Crippen molar-refractivity contribution in [1.29, 1.82) is 0 Å². The van der Waals surface area contributed by atoms with Crippen LogP contribution in [0.4, 0.5) is 25.1 Å². The third kappa shape index (κ3) is 3.26. The van der Waals surface area contributed by atoms with Crippen LogP contribution in [0.25, 0.3) is 0 Å². The van der Waals surface area contributed by atoms with Gasteiger partial charge in [0.1, 0.15) is 4.90 Å². The summed E-state index contributed by atoms with van der Waals surface area (Å²) in [5, 5.41) is 2.18. The maximum atomic E-state index is 12.5. The molecule has 2 aromatic rings. The lowest BCUT2D eigenvalue weighted by molar-refractivity contribution is 0.0996. The number of benzene rings is 1. The van der Waals surface area contributed by atoms with Gasteiger partial charge in [0.15, 0.2) is 6.39 Å². The quantitative estimate of drug-likeness (QED) is 0.843. The van der Waals surface area contributed by atoms with Crippen LogP contribution >= 0.6 is 10.2 Å². The molecule has 0 unspecified atom stereocenters. The van der Waals surface area contributed by atoms with Crippen molar-refractivity contribution in [2.24, 2.45) is 0 Å². The second-order valence-corrected chi connectivity index (χ2v) is 6.22. The van der Waals surface area contributed by atoms with Crippen molar-refractivity contribution < 1.29 is 28.6 Å². The highest BCUT2D eigenvalue weighted by Crippen LogP contribution is 3.02. The summed E-state index contributed by atoms with van der Waals surface area (Å²) >= 11 is 0. The van der Waals surface area contributed by atoms with Crippen molar-refractivity contribution in [2.75, 3.05) is 5.32 Å². The first-order valence-corrected chi connectivity index (χ1v) is 6.95. The molecule has 2 rings (SSSR count). The van der Waals surface area contributed by atoms with E-state index in [1.807, 2.05) is 0 Å². The smallest absolute Gasteiger partial charge is 0.310 e. The number of oxazole rings is 1. The molecule has 1 amide bonds. The second kappa shape index (κ2) is 3.72. The Kier molecular flexibility index (Phi) is 2.66. The van der Waals surface area contributed by atoms with Crippen LogP contribution in [0, 0.1) is 0 Å². The maximum Gasteiger partial charge on any atom is 0.310 e. The van der Waals surface area contributed by atoms with E-state index in [0.29, 0.717) is 0 Å². The predicted octanol–water partition coefficient (Wildman–Crippen LogP) is 4.58. The van der Waals surface area contributed by atoms with Gasteiger partial charge in [-0.05, 0) is 24.3 Å². The molecule has 0 aliphatic rings. The normalized spacial score (nSPS) is 15.2. The summed E-state index contributed by atoms with van der Waals surface area (Å²) in [6.07, 6.45) is 2.09. The molecule has 0 bridgehead atoms. The van der Waals surface area contributed by atoms with Gasteiger partial charge < -0.3 is 9.73 Å². The average Bonchev–Trinajstić information content (AvgIpc) is 2.79. The van der Waals surface area contributed by atoms with Crippen LogP contribution in [0.1, 0.15) is 10.6 Å².